The monoisotopic (exact) mass is 476 g/mol. The molecule has 0 spiro atoms. The number of amides is 1. The maximum atomic E-state index is 13.2. The molecule has 1 fully saturated rings. The molecule has 32 heavy (non-hydrogen) atoms. The Balaban J connectivity index is 1.50. The van der Waals surface area contributed by atoms with Crippen LogP contribution in [0.1, 0.15) is 21.6 Å². The molecule has 2 aromatic carbocycles. The minimum absolute atomic E-state index is 0.133. The molecule has 1 aromatic heterocycles. The second-order valence-electron chi connectivity index (χ2n) is 7.65. The maximum Gasteiger partial charge on any atom is 0.259 e. The lowest BCUT2D eigenvalue weighted by molar-refractivity contribution is 0.0697. The third kappa shape index (κ3) is 4.15. The van der Waals surface area contributed by atoms with Gasteiger partial charge in [-0.15, -0.1) is 0 Å². The third-order valence-electron chi connectivity index (χ3n) is 5.47. The summed E-state index contributed by atoms with van der Waals surface area (Å²) < 4.78 is 41.8. The van der Waals surface area contributed by atoms with E-state index in [9.17, 15) is 17.6 Å². The van der Waals surface area contributed by atoms with E-state index in [0.717, 1.165) is 5.56 Å². The summed E-state index contributed by atoms with van der Waals surface area (Å²) in [4.78, 5) is 15.0. The zero-order valence-electron chi connectivity index (χ0n) is 17.6. The van der Waals surface area contributed by atoms with E-state index >= 15 is 0 Å². The lowest BCUT2D eigenvalue weighted by Gasteiger charge is -2.34. The predicted molar refractivity (Wildman–Crippen MR) is 119 cm³/mol. The van der Waals surface area contributed by atoms with E-state index in [1.54, 1.807) is 36.1 Å². The van der Waals surface area contributed by atoms with Crippen molar-refractivity contribution in [2.75, 3.05) is 26.2 Å². The molecule has 4 rings (SSSR count). The summed E-state index contributed by atoms with van der Waals surface area (Å²) in [7, 11) is -3.62. The molecule has 0 bridgehead atoms. The summed E-state index contributed by atoms with van der Waals surface area (Å²) in [6, 6.07) is 12.3. The standard InChI is InChI=1S/C22H22ClFN4O3S/c1-15-3-9-19(10-4-15)32(30,31)27-13-11-26(12-14-27)22(29)20-16(2)25-28(21(20)23)18-7-5-17(24)6-8-18/h3-10H,11-14H2,1-2H3. The van der Waals surface area contributed by atoms with Gasteiger partial charge in [0.2, 0.25) is 10.0 Å². The molecule has 0 aliphatic carbocycles. The highest BCUT2D eigenvalue weighted by Crippen LogP contribution is 2.26. The van der Waals surface area contributed by atoms with Gasteiger partial charge in [-0.2, -0.15) is 9.40 Å². The topological polar surface area (TPSA) is 75.5 Å². The van der Waals surface area contributed by atoms with E-state index in [1.807, 2.05) is 6.92 Å². The van der Waals surface area contributed by atoms with Crippen molar-refractivity contribution in [2.24, 2.45) is 0 Å². The number of carbonyl (C=O) groups excluding carboxylic acids is 1. The fourth-order valence-corrected chi connectivity index (χ4v) is 5.42. The Bertz CT molecular complexity index is 1250. The minimum atomic E-state index is -3.62. The van der Waals surface area contributed by atoms with Gasteiger partial charge in [-0.05, 0) is 50.2 Å². The first kappa shape index (κ1) is 22.4. The normalized spacial score (nSPS) is 15.2. The van der Waals surface area contributed by atoms with Crippen LogP contribution in [0.25, 0.3) is 5.69 Å². The van der Waals surface area contributed by atoms with E-state index in [0.29, 0.717) is 11.4 Å². The van der Waals surface area contributed by atoms with E-state index in [1.165, 1.54) is 33.3 Å². The van der Waals surface area contributed by atoms with Gasteiger partial charge in [0.15, 0.2) is 0 Å². The van der Waals surface area contributed by atoms with Crippen molar-refractivity contribution in [3.8, 4) is 5.69 Å². The van der Waals surface area contributed by atoms with E-state index < -0.39 is 10.0 Å². The van der Waals surface area contributed by atoms with Gasteiger partial charge in [0.25, 0.3) is 5.91 Å². The number of hydrogen-bond acceptors (Lipinski definition) is 4. The van der Waals surface area contributed by atoms with Gasteiger partial charge in [0.1, 0.15) is 11.0 Å². The summed E-state index contributed by atoms with van der Waals surface area (Å²) in [5.74, 6) is -0.697. The fraction of sp³-hybridized carbons (Fsp3) is 0.273. The Kier molecular flexibility index (Phi) is 6.07. The molecule has 10 heteroatoms. The second-order valence-corrected chi connectivity index (χ2v) is 9.94. The van der Waals surface area contributed by atoms with Gasteiger partial charge >= 0.3 is 0 Å². The van der Waals surface area contributed by atoms with Crippen molar-refractivity contribution in [1.82, 2.24) is 19.0 Å². The van der Waals surface area contributed by atoms with Crippen molar-refractivity contribution < 1.29 is 17.6 Å². The Labute approximate surface area is 191 Å². The molecule has 0 atom stereocenters. The zero-order valence-corrected chi connectivity index (χ0v) is 19.2. The van der Waals surface area contributed by atoms with Gasteiger partial charge < -0.3 is 4.90 Å². The number of aromatic nitrogens is 2. The van der Waals surface area contributed by atoms with Crippen molar-refractivity contribution in [3.05, 3.63) is 76.3 Å². The number of nitrogens with zero attached hydrogens (tertiary/aromatic N) is 4. The van der Waals surface area contributed by atoms with Crippen LogP contribution in [-0.4, -0.2) is 59.5 Å². The summed E-state index contributed by atoms with van der Waals surface area (Å²) in [5, 5.41) is 4.47. The Hall–Kier alpha value is -2.75. The Morgan fingerprint density at radius 2 is 1.56 bits per heavy atom. The first-order valence-electron chi connectivity index (χ1n) is 10.1. The maximum absolute atomic E-state index is 13.2. The molecular formula is C22H22ClFN4O3S. The van der Waals surface area contributed by atoms with Crippen molar-refractivity contribution >= 4 is 27.5 Å². The average Bonchev–Trinajstić information content (AvgIpc) is 3.08. The summed E-state index contributed by atoms with van der Waals surface area (Å²) in [6.07, 6.45) is 0. The molecule has 1 aliphatic heterocycles. The Morgan fingerprint density at radius 3 is 2.16 bits per heavy atom. The molecule has 2 heterocycles. The van der Waals surface area contributed by atoms with Crippen LogP contribution in [0, 0.1) is 19.7 Å². The van der Waals surface area contributed by atoms with Crippen molar-refractivity contribution in [3.63, 3.8) is 0 Å². The number of halogens is 2. The van der Waals surface area contributed by atoms with Gasteiger partial charge in [0.05, 0.1) is 21.8 Å². The van der Waals surface area contributed by atoms with Crippen LogP contribution >= 0.6 is 11.6 Å². The van der Waals surface area contributed by atoms with E-state index in [4.69, 9.17) is 11.6 Å². The van der Waals surface area contributed by atoms with Gasteiger partial charge in [0, 0.05) is 26.2 Å². The molecule has 0 saturated carbocycles. The van der Waals surface area contributed by atoms with Crippen LogP contribution in [-0.2, 0) is 10.0 Å². The largest absolute Gasteiger partial charge is 0.336 e. The third-order valence-corrected chi connectivity index (χ3v) is 7.74. The summed E-state index contributed by atoms with van der Waals surface area (Å²) >= 11 is 6.46. The van der Waals surface area contributed by atoms with E-state index in [-0.39, 0.29) is 53.5 Å². The average molecular weight is 477 g/mol. The number of piperazine rings is 1. The lowest BCUT2D eigenvalue weighted by Crippen LogP contribution is -2.50. The van der Waals surface area contributed by atoms with Crippen LogP contribution < -0.4 is 0 Å². The highest BCUT2D eigenvalue weighted by atomic mass is 35.5. The number of sulfonamides is 1. The number of benzene rings is 2. The quantitative estimate of drug-likeness (QED) is 0.578. The minimum Gasteiger partial charge on any atom is -0.336 e. The molecule has 3 aromatic rings. The number of aryl methyl sites for hydroxylation is 2. The summed E-state index contributed by atoms with van der Waals surface area (Å²) in [6.45, 7) is 4.42. The molecule has 0 radical (unpaired) electrons. The number of carbonyl (C=O) groups is 1. The molecule has 0 unspecified atom stereocenters. The highest BCUT2D eigenvalue weighted by Gasteiger charge is 2.32. The summed E-state index contributed by atoms with van der Waals surface area (Å²) in [5.41, 5.74) is 2.21. The predicted octanol–water partition coefficient (Wildman–Crippen LogP) is 3.43. The molecule has 1 amide bonds. The van der Waals surface area contributed by atoms with Gasteiger partial charge in [-0.25, -0.2) is 17.5 Å². The van der Waals surface area contributed by atoms with Gasteiger partial charge in [-0.3, -0.25) is 4.79 Å². The molecule has 1 saturated heterocycles. The van der Waals surface area contributed by atoms with Crippen LogP contribution in [0.2, 0.25) is 5.15 Å². The molecule has 1 aliphatic rings. The molecule has 0 N–H and O–H groups in total. The first-order valence-corrected chi connectivity index (χ1v) is 11.9. The van der Waals surface area contributed by atoms with E-state index in [2.05, 4.69) is 5.10 Å². The fourth-order valence-electron chi connectivity index (χ4n) is 3.64. The van der Waals surface area contributed by atoms with Crippen molar-refractivity contribution in [1.29, 1.82) is 0 Å². The molecular weight excluding hydrogens is 455 g/mol. The highest BCUT2D eigenvalue weighted by molar-refractivity contribution is 7.89. The van der Waals surface area contributed by atoms with Gasteiger partial charge in [-0.1, -0.05) is 29.3 Å². The van der Waals surface area contributed by atoms with Crippen LogP contribution in [0.4, 0.5) is 4.39 Å². The Morgan fingerprint density at radius 1 is 0.969 bits per heavy atom. The second kappa shape index (κ2) is 8.65. The van der Waals surface area contributed by atoms with Crippen LogP contribution in [0.3, 0.4) is 0 Å². The number of rotatable bonds is 4. The smallest absolute Gasteiger partial charge is 0.259 e. The molecule has 168 valence electrons. The lowest BCUT2D eigenvalue weighted by atomic mass is 10.2. The molecule has 7 nitrogen and oxygen atoms in total. The SMILES string of the molecule is Cc1ccc(S(=O)(=O)N2CCN(C(=O)c3c(C)nn(-c4ccc(F)cc4)c3Cl)CC2)cc1. The van der Waals surface area contributed by atoms with Crippen LogP contribution in [0.15, 0.2) is 53.4 Å². The zero-order chi connectivity index (χ0) is 23.0. The van der Waals surface area contributed by atoms with Crippen molar-refractivity contribution in [2.45, 2.75) is 18.7 Å². The first-order chi connectivity index (χ1) is 15.2. The van der Waals surface area contributed by atoms with Crippen LogP contribution in [0.5, 0.6) is 0 Å². The number of hydrogen-bond donors (Lipinski definition) is 0.